The lowest BCUT2D eigenvalue weighted by molar-refractivity contribution is -0.479. The van der Waals surface area contributed by atoms with Gasteiger partial charge in [0.2, 0.25) is 13.1 Å². The van der Waals surface area contributed by atoms with Gasteiger partial charge in [0.1, 0.15) is 12.8 Å². The third kappa shape index (κ3) is 8.28. The van der Waals surface area contributed by atoms with E-state index in [1.165, 1.54) is 0 Å². The van der Waals surface area contributed by atoms with Gasteiger partial charge in [0.05, 0.1) is 0 Å². The summed E-state index contributed by atoms with van der Waals surface area (Å²) >= 11 is 0. The molecule has 0 N–H and O–H groups in total. The van der Waals surface area contributed by atoms with E-state index in [1.54, 1.807) is 0 Å². The van der Waals surface area contributed by atoms with Gasteiger partial charge in [0.25, 0.3) is 0 Å². The van der Waals surface area contributed by atoms with Crippen LogP contribution in [0.5, 0.6) is 0 Å². The topological polar surface area (TPSA) is 130 Å². The molecule has 0 radical (unpaired) electrons. The standard InChI is InChI=1S/C6H8N2O7/c9-5(1-3-7(11)12)15-6(10)2-4-8(13)14/h1-4H2. The molecule has 0 atom stereocenters. The van der Waals surface area contributed by atoms with Crippen LogP contribution >= 0.6 is 0 Å². The molecular weight excluding hydrogens is 212 g/mol. The Bertz CT molecular complexity index is 259. The van der Waals surface area contributed by atoms with Gasteiger partial charge in [-0.2, -0.15) is 0 Å². The summed E-state index contributed by atoms with van der Waals surface area (Å²) in [4.78, 5) is 39.6. The van der Waals surface area contributed by atoms with Crippen molar-refractivity contribution in [3.8, 4) is 0 Å². The van der Waals surface area contributed by atoms with E-state index in [2.05, 4.69) is 4.74 Å². The lowest BCUT2D eigenvalue weighted by Crippen LogP contribution is -2.18. The maximum absolute atomic E-state index is 10.7. The lowest BCUT2D eigenvalue weighted by atomic mass is 10.4. The Morgan fingerprint density at radius 2 is 1.27 bits per heavy atom. The maximum Gasteiger partial charge on any atom is 0.320 e. The SMILES string of the molecule is O=C(CC[N+](=O)[O-])OC(=O)CC[N+](=O)[O-]. The number of carbonyl (C=O) groups excluding carboxylic acids is 2. The van der Waals surface area contributed by atoms with Crippen LogP contribution in [-0.4, -0.2) is 34.9 Å². The van der Waals surface area contributed by atoms with Crippen molar-refractivity contribution in [2.24, 2.45) is 0 Å². The van der Waals surface area contributed by atoms with Crippen LogP contribution in [0.4, 0.5) is 0 Å². The molecule has 9 heteroatoms. The minimum Gasteiger partial charge on any atom is -0.393 e. The highest BCUT2D eigenvalue weighted by Gasteiger charge is 2.14. The van der Waals surface area contributed by atoms with Gasteiger partial charge < -0.3 is 4.74 Å². The maximum atomic E-state index is 10.7. The van der Waals surface area contributed by atoms with Crippen LogP contribution in [0.3, 0.4) is 0 Å². The molecule has 0 aliphatic carbocycles. The van der Waals surface area contributed by atoms with Crippen LogP contribution < -0.4 is 0 Å². The van der Waals surface area contributed by atoms with Crippen LogP contribution in [0.15, 0.2) is 0 Å². The molecule has 0 amide bonds. The van der Waals surface area contributed by atoms with Crippen molar-refractivity contribution < 1.29 is 24.2 Å². The van der Waals surface area contributed by atoms with Crippen LogP contribution in [0.25, 0.3) is 0 Å². The molecule has 0 aliphatic heterocycles. The van der Waals surface area contributed by atoms with Crippen molar-refractivity contribution in [3.05, 3.63) is 20.2 Å². The fraction of sp³-hybridized carbons (Fsp3) is 0.667. The molecule has 0 unspecified atom stereocenters. The predicted molar refractivity (Wildman–Crippen MR) is 44.1 cm³/mol. The molecule has 0 aromatic carbocycles. The summed E-state index contributed by atoms with van der Waals surface area (Å²) in [6.45, 7) is -1.28. The van der Waals surface area contributed by atoms with Gasteiger partial charge in [-0.25, -0.2) is 0 Å². The van der Waals surface area contributed by atoms with Gasteiger partial charge in [-0.05, 0) is 0 Å². The van der Waals surface area contributed by atoms with Crippen molar-refractivity contribution in [1.82, 2.24) is 0 Å². The summed E-state index contributed by atoms with van der Waals surface area (Å²) in [7, 11) is 0. The van der Waals surface area contributed by atoms with Crippen molar-refractivity contribution >= 4 is 11.9 Å². The predicted octanol–water partition coefficient (Wildman–Crippen LogP) is -0.610. The normalized spacial score (nSPS) is 9.33. The first-order valence-electron chi connectivity index (χ1n) is 3.89. The number of esters is 2. The molecule has 0 bridgehead atoms. The third-order valence-electron chi connectivity index (χ3n) is 1.22. The number of hydrogen-bond donors (Lipinski definition) is 0. The molecule has 0 spiro atoms. The highest BCUT2D eigenvalue weighted by atomic mass is 16.6. The molecule has 0 fully saturated rings. The Morgan fingerprint density at radius 3 is 1.53 bits per heavy atom. The average Bonchev–Trinajstić information content (AvgIpc) is 2.11. The van der Waals surface area contributed by atoms with Crippen LogP contribution in [-0.2, 0) is 14.3 Å². The monoisotopic (exact) mass is 220 g/mol. The van der Waals surface area contributed by atoms with Crippen LogP contribution in [0.1, 0.15) is 12.8 Å². The zero-order chi connectivity index (χ0) is 11.8. The second kappa shape index (κ2) is 6.40. The highest BCUT2D eigenvalue weighted by Crippen LogP contribution is 1.92. The van der Waals surface area contributed by atoms with Gasteiger partial charge in [-0.3, -0.25) is 29.8 Å². The summed E-state index contributed by atoms with van der Waals surface area (Å²) in [5.74, 6) is -2.11. The zero-order valence-electron chi connectivity index (χ0n) is 7.58. The Kier molecular flexibility index (Phi) is 5.52. The third-order valence-corrected chi connectivity index (χ3v) is 1.22. The first-order chi connectivity index (χ1) is 6.91. The van der Waals surface area contributed by atoms with E-state index in [9.17, 15) is 29.8 Å². The summed E-state index contributed by atoms with van der Waals surface area (Å²) in [5, 5.41) is 19.7. The molecule has 84 valence electrons. The summed E-state index contributed by atoms with van der Waals surface area (Å²) in [6, 6.07) is 0. The number of nitrogens with zero attached hydrogens (tertiary/aromatic N) is 2. The number of rotatable bonds is 6. The first kappa shape index (κ1) is 12.9. The minimum atomic E-state index is -1.06. The van der Waals surface area contributed by atoms with Gasteiger partial charge in [0.15, 0.2) is 0 Å². The Hall–Kier alpha value is -2.06. The number of nitro groups is 2. The molecular formula is C6H8N2O7. The molecule has 0 aromatic heterocycles. The number of hydrogen-bond acceptors (Lipinski definition) is 7. The van der Waals surface area contributed by atoms with E-state index in [0.29, 0.717) is 0 Å². The van der Waals surface area contributed by atoms with E-state index >= 15 is 0 Å². The summed E-state index contributed by atoms with van der Waals surface area (Å²) in [6.07, 6.45) is -1.06. The van der Waals surface area contributed by atoms with E-state index in [0.717, 1.165) is 0 Å². The molecule has 0 saturated carbocycles. The van der Waals surface area contributed by atoms with E-state index < -0.39 is 47.7 Å². The van der Waals surface area contributed by atoms with Gasteiger partial charge in [0, 0.05) is 9.85 Å². The fourth-order valence-corrected chi connectivity index (χ4v) is 0.594. The molecule has 9 nitrogen and oxygen atoms in total. The van der Waals surface area contributed by atoms with Gasteiger partial charge >= 0.3 is 11.9 Å². The molecule has 0 rings (SSSR count). The van der Waals surface area contributed by atoms with Crippen molar-refractivity contribution in [3.63, 3.8) is 0 Å². The summed E-state index contributed by atoms with van der Waals surface area (Å²) < 4.78 is 4.06. The number of carbonyl (C=O) groups is 2. The quantitative estimate of drug-likeness (QED) is 0.252. The highest BCUT2D eigenvalue weighted by molar-refractivity contribution is 5.85. The Balaban J connectivity index is 3.71. The lowest BCUT2D eigenvalue weighted by Gasteiger charge is -1.98. The Labute approximate surface area is 83.3 Å². The van der Waals surface area contributed by atoms with Gasteiger partial charge in [-0.15, -0.1) is 0 Å². The second-order valence-electron chi connectivity index (χ2n) is 2.46. The molecule has 15 heavy (non-hydrogen) atoms. The molecule has 0 aromatic rings. The van der Waals surface area contributed by atoms with Crippen LogP contribution in [0, 0.1) is 20.2 Å². The van der Waals surface area contributed by atoms with E-state index in [-0.39, 0.29) is 0 Å². The van der Waals surface area contributed by atoms with E-state index in [1.807, 2.05) is 0 Å². The first-order valence-corrected chi connectivity index (χ1v) is 3.89. The van der Waals surface area contributed by atoms with Crippen molar-refractivity contribution in [2.75, 3.05) is 13.1 Å². The minimum absolute atomic E-state index is 0.531. The average molecular weight is 220 g/mol. The Morgan fingerprint density at radius 1 is 0.933 bits per heavy atom. The van der Waals surface area contributed by atoms with Gasteiger partial charge in [-0.1, -0.05) is 0 Å². The largest absolute Gasteiger partial charge is 0.393 e. The second-order valence-corrected chi connectivity index (χ2v) is 2.46. The van der Waals surface area contributed by atoms with E-state index in [4.69, 9.17) is 0 Å². The fourth-order valence-electron chi connectivity index (χ4n) is 0.594. The van der Waals surface area contributed by atoms with Crippen LogP contribution in [0.2, 0.25) is 0 Å². The molecule has 0 saturated heterocycles. The zero-order valence-corrected chi connectivity index (χ0v) is 7.58. The molecule has 0 heterocycles. The summed E-state index contributed by atoms with van der Waals surface area (Å²) in [5.41, 5.74) is 0. The molecule has 0 aliphatic rings. The van der Waals surface area contributed by atoms with Crippen molar-refractivity contribution in [1.29, 1.82) is 0 Å². The number of ether oxygens (including phenoxy) is 1. The smallest absolute Gasteiger partial charge is 0.320 e. The van der Waals surface area contributed by atoms with Crippen molar-refractivity contribution in [2.45, 2.75) is 12.8 Å².